The van der Waals surface area contributed by atoms with Crippen LogP contribution in [-0.4, -0.2) is 45.0 Å². The molecule has 0 bridgehead atoms. The average molecular weight is 424 g/mol. The van der Waals surface area contributed by atoms with E-state index in [0.29, 0.717) is 17.2 Å². The predicted octanol–water partition coefficient (Wildman–Crippen LogP) is 5.18. The van der Waals surface area contributed by atoms with Crippen molar-refractivity contribution in [2.45, 2.75) is 45.1 Å². The lowest BCUT2D eigenvalue weighted by molar-refractivity contribution is -0.0781. The van der Waals surface area contributed by atoms with Crippen molar-refractivity contribution in [3.05, 3.63) is 41.3 Å². The molecule has 30 heavy (non-hydrogen) atoms. The second kappa shape index (κ2) is 6.67. The Morgan fingerprint density at radius 1 is 1.20 bits per heavy atom. The maximum absolute atomic E-state index is 12.2. The van der Waals surface area contributed by atoms with Crippen molar-refractivity contribution in [2.24, 2.45) is 5.41 Å². The maximum Gasteiger partial charge on any atom is 0.410 e. The van der Waals surface area contributed by atoms with Crippen molar-refractivity contribution in [1.82, 2.24) is 15.1 Å². The molecule has 1 saturated heterocycles. The molecule has 0 unspecified atom stereocenters. The molecule has 1 amide bonds. The van der Waals surface area contributed by atoms with Crippen molar-refractivity contribution in [3.63, 3.8) is 0 Å². The zero-order valence-corrected chi connectivity index (χ0v) is 18.2. The highest BCUT2D eigenvalue weighted by molar-refractivity contribution is 7.18. The number of phenolic OH excluding ortho intramolecular Hbond substituents is 1. The van der Waals surface area contributed by atoms with Gasteiger partial charge in [0.2, 0.25) is 0 Å². The summed E-state index contributed by atoms with van der Waals surface area (Å²) < 4.78 is 5.47. The van der Waals surface area contributed by atoms with Gasteiger partial charge in [0.1, 0.15) is 16.2 Å². The predicted molar refractivity (Wildman–Crippen MR) is 117 cm³/mol. The number of amides is 1. The zero-order valence-electron chi connectivity index (χ0n) is 17.4. The second-order valence-corrected chi connectivity index (χ2v) is 10.7. The molecule has 156 valence electrons. The lowest BCUT2D eigenvalue weighted by atomic mass is 9.57. The molecular weight excluding hydrogens is 398 g/mol. The topological polar surface area (TPSA) is 75.5 Å². The molecule has 2 fully saturated rings. The van der Waals surface area contributed by atoms with Crippen LogP contribution in [0.2, 0.25) is 0 Å². The molecule has 1 aromatic carbocycles. The van der Waals surface area contributed by atoms with Crippen LogP contribution in [0.3, 0.4) is 0 Å². The number of carbonyl (C=O) groups is 1. The van der Waals surface area contributed by atoms with E-state index in [1.807, 2.05) is 43.9 Å². The molecule has 1 aliphatic heterocycles. The third kappa shape index (κ3) is 3.41. The zero-order chi connectivity index (χ0) is 21.1. The number of para-hydroxylation sites is 1. The van der Waals surface area contributed by atoms with E-state index in [0.717, 1.165) is 36.1 Å². The fourth-order valence-electron chi connectivity index (χ4n) is 4.56. The highest BCUT2D eigenvalue weighted by Gasteiger charge is 2.54. The number of rotatable bonds is 2. The van der Waals surface area contributed by atoms with Crippen LogP contribution in [0.4, 0.5) is 4.79 Å². The van der Waals surface area contributed by atoms with Gasteiger partial charge in [0.15, 0.2) is 0 Å². The number of aromatic hydroxyl groups is 1. The molecule has 1 spiro atoms. The molecule has 2 aliphatic rings. The Bertz CT molecular complexity index is 1120. The largest absolute Gasteiger partial charge is 0.507 e. The lowest BCUT2D eigenvalue weighted by Crippen LogP contribution is -2.63. The van der Waals surface area contributed by atoms with Gasteiger partial charge in [-0.3, -0.25) is 0 Å². The summed E-state index contributed by atoms with van der Waals surface area (Å²) in [6.07, 6.45) is 1.99. The number of nitrogens with zero attached hydrogens (tertiary/aromatic N) is 3. The molecule has 1 aliphatic carbocycles. The van der Waals surface area contributed by atoms with Crippen LogP contribution in [0.15, 0.2) is 36.4 Å². The SMILES string of the molecule is CC(C)(C)OC(=O)N1CC2(CC(c3cc4cc(-c5ccccc5O)nnc4s3)C2)C1. The van der Waals surface area contributed by atoms with Gasteiger partial charge in [0, 0.05) is 34.3 Å². The highest BCUT2D eigenvalue weighted by Crippen LogP contribution is 2.57. The summed E-state index contributed by atoms with van der Waals surface area (Å²) in [7, 11) is 0. The Kier molecular flexibility index (Phi) is 4.29. The van der Waals surface area contributed by atoms with E-state index in [1.54, 1.807) is 23.5 Å². The number of hydrogen-bond acceptors (Lipinski definition) is 6. The van der Waals surface area contributed by atoms with Crippen LogP contribution in [0.1, 0.15) is 44.4 Å². The molecule has 6 nitrogen and oxygen atoms in total. The Morgan fingerprint density at radius 3 is 2.63 bits per heavy atom. The van der Waals surface area contributed by atoms with E-state index in [9.17, 15) is 9.90 Å². The molecule has 2 aromatic heterocycles. The highest BCUT2D eigenvalue weighted by atomic mass is 32.1. The first-order valence-electron chi connectivity index (χ1n) is 10.2. The molecule has 0 atom stereocenters. The minimum absolute atomic E-state index is 0.203. The molecule has 7 heteroatoms. The van der Waals surface area contributed by atoms with Gasteiger partial charge in [-0.05, 0) is 63.8 Å². The first-order valence-corrected chi connectivity index (χ1v) is 11.1. The van der Waals surface area contributed by atoms with E-state index in [4.69, 9.17) is 4.74 Å². The number of fused-ring (bicyclic) bond motifs is 1. The smallest absolute Gasteiger partial charge is 0.410 e. The van der Waals surface area contributed by atoms with Crippen LogP contribution in [0, 0.1) is 5.41 Å². The van der Waals surface area contributed by atoms with E-state index < -0.39 is 5.60 Å². The number of aromatic nitrogens is 2. The fraction of sp³-hybridized carbons (Fsp3) is 0.435. The van der Waals surface area contributed by atoms with Crippen LogP contribution >= 0.6 is 11.3 Å². The van der Waals surface area contributed by atoms with Gasteiger partial charge in [-0.2, -0.15) is 0 Å². The van der Waals surface area contributed by atoms with Crippen molar-refractivity contribution in [1.29, 1.82) is 0 Å². The van der Waals surface area contributed by atoms with Crippen molar-refractivity contribution >= 4 is 27.6 Å². The van der Waals surface area contributed by atoms with Gasteiger partial charge in [-0.25, -0.2) is 4.79 Å². The molecule has 1 saturated carbocycles. The normalized spacial score (nSPS) is 18.3. The first-order chi connectivity index (χ1) is 14.2. The van der Waals surface area contributed by atoms with E-state index in [2.05, 4.69) is 16.3 Å². The van der Waals surface area contributed by atoms with Crippen molar-refractivity contribution < 1.29 is 14.6 Å². The third-order valence-corrected chi connectivity index (χ3v) is 7.14. The monoisotopic (exact) mass is 423 g/mol. The summed E-state index contributed by atoms with van der Waals surface area (Å²) in [6.45, 7) is 7.28. The van der Waals surface area contributed by atoms with Crippen LogP contribution in [0.5, 0.6) is 5.75 Å². The van der Waals surface area contributed by atoms with E-state index in [1.165, 1.54) is 4.88 Å². The van der Waals surface area contributed by atoms with E-state index >= 15 is 0 Å². The van der Waals surface area contributed by atoms with Gasteiger partial charge >= 0.3 is 6.09 Å². The molecule has 1 N–H and O–H groups in total. The maximum atomic E-state index is 12.2. The van der Waals surface area contributed by atoms with E-state index in [-0.39, 0.29) is 17.3 Å². The van der Waals surface area contributed by atoms with Gasteiger partial charge in [0.05, 0.1) is 5.69 Å². The van der Waals surface area contributed by atoms with Gasteiger partial charge in [-0.15, -0.1) is 21.5 Å². The summed E-state index contributed by atoms with van der Waals surface area (Å²) in [5.41, 5.74) is 1.18. The third-order valence-electron chi connectivity index (χ3n) is 5.95. The minimum Gasteiger partial charge on any atom is -0.507 e. The Balaban J connectivity index is 1.26. The lowest BCUT2D eigenvalue weighted by Gasteiger charge is -2.58. The Labute approximate surface area is 179 Å². The summed E-state index contributed by atoms with van der Waals surface area (Å²) in [6, 6.07) is 11.4. The van der Waals surface area contributed by atoms with Crippen LogP contribution in [0.25, 0.3) is 21.5 Å². The van der Waals surface area contributed by atoms with Crippen molar-refractivity contribution in [3.8, 4) is 17.0 Å². The number of carbonyl (C=O) groups excluding carboxylic acids is 1. The molecule has 3 heterocycles. The molecule has 5 rings (SSSR count). The second-order valence-electron chi connectivity index (χ2n) is 9.60. The summed E-state index contributed by atoms with van der Waals surface area (Å²) in [4.78, 5) is 16.3. The number of likely N-dealkylation sites (tertiary alicyclic amines) is 1. The Hall–Kier alpha value is -2.67. The summed E-state index contributed by atoms with van der Waals surface area (Å²) in [5, 5.41) is 19.9. The standard InChI is InChI=1S/C23H25N3O3S/c1-22(2,3)29-21(28)26-12-23(13-26)10-15(11-23)19-9-14-8-17(24-25-20(14)30-19)16-6-4-5-7-18(16)27/h4-9,15,27H,10-13H2,1-3H3. The number of ether oxygens (including phenoxy) is 1. The molecule has 3 aromatic rings. The fourth-order valence-corrected chi connectivity index (χ4v) is 5.62. The molecular formula is C23H25N3O3S. The minimum atomic E-state index is -0.449. The van der Waals surface area contributed by atoms with Crippen LogP contribution in [-0.2, 0) is 4.74 Å². The number of hydrogen-bond donors (Lipinski definition) is 1. The average Bonchev–Trinajstić information content (AvgIpc) is 3.01. The summed E-state index contributed by atoms with van der Waals surface area (Å²) >= 11 is 1.70. The quantitative estimate of drug-likeness (QED) is 0.615. The number of phenols is 1. The van der Waals surface area contributed by atoms with Crippen molar-refractivity contribution in [2.75, 3.05) is 13.1 Å². The van der Waals surface area contributed by atoms with Gasteiger partial charge in [-0.1, -0.05) is 12.1 Å². The number of benzene rings is 1. The molecule has 0 radical (unpaired) electrons. The summed E-state index contributed by atoms with van der Waals surface area (Å²) in [5.74, 6) is 0.723. The Morgan fingerprint density at radius 2 is 1.93 bits per heavy atom. The van der Waals surface area contributed by atoms with Crippen LogP contribution < -0.4 is 0 Å². The van der Waals surface area contributed by atoms with Gasteiger partial charge < -0.3 is 14.7 Å². The van der Waals surface area contributed by atoms with Gasteiger partial charge in [0.25, 0.3) is 0 Å². The first kappa shape index (κ1) is 19.3. The number of thiophene rings is 1.